The van der Waals surface area contributed by atoms with Crippen LogP contribution in [0.4, 0.5) is 0 Å². The van der Waals surface area contributed by atoms with E-state index in [4.69, 9.17) is 10.4 Å². The Hall–Kier alpha value is -3.40. The quantitative estimate of drug-likeness (QED) is 0.772. The van der Waals surface area contributed by atoms with Crippen molar-refractivity contribution in [3.8, 4) is 6.07 Å². The molecular formula is C15H11N3O4. The van der Waals surface area contributed by atoms with Gasteiger partial charge in [-0.3, -0.25) is 9.59 Å². The van der Waals surface area contributed by atoms with Crippen molar-refractivity contribution in [2.24, 2.45) is 0 Å². The van der Waals surface area contributed by atoms with E-state index < -0.39 is 17.4 Å². The molecule has 1 aromatic heterocycles. The summed E-state index contributed by atoms with van der Waals surface area (Å²) in [5, 5.41) is 20.0. The molecule has 0 saturated carbocycles. The summed E-state index contributed by atoms with van der Waals surface area (Å²) >= 11 is 0. The second-order valence-electron chi connectivity index (χ2n) is 4.41. The molecule has 0 fully saturated rings. The number of nitriles is 1. The number of benzene rings is 1. The molecule has 0 aliphatic heterocycles. The average molecular weight is 297 g/mol. The zero-order valence-corrected chi connectivity index (χ0v) is 11.3. The molecule has 3 N–H and O–H groups in total. The van der Waals surface area contributed by atoms with Crippen molar-refractivity contribution in [1.29, 1.82) is 5.26 Å². The second kappa shape index (κ2) is 6.37. The molecule has 0 bridgehead atoms. The molecule has 0 aliphatic rings. The Kier molecular flexibility index (Phi) is 4.34. The summed E-state index contributed by atoms with van der Waals surface area (Å²) in [7, 11) is 0. The lowest BCUT2D eigenvalue weighted by molar-refractivity contribution is 0.0689. The Bertz CT molecular complexity index is 816. The van der Waals surface area contributed by atoms with Gasteiger partial charge < -0.3 is 15.4 Å². The zero-order chi connectivity index (χ0) is 16.1. The van der Waals surface area contributed by atoms with Crippen molar-refractivity contribution in [2.45, 2.75) is 6.54 Å². The minimum atomic E-state index is -1.28. The first kappa shape index (κ1) is 15.0. The van der Waals surface area contributed by atoms with Gasteiger partial charge in [0.15, 0.2) is 0 Å². The topological polar surface area (TPSA) is 123 Å². The number of carboxylic acid groups (broad SMARTS) is 1. The van der Waals surface area contributed by atoms with Gasteiger partial charge in [-0.2, -0.15) is 5.26 Å². The van der Waals surface area contributed by atoms with Gasteiger partial charge in [0.2, 0.25) is 0 Å². The number of nitrogens with one attached hydrogen (secondary N) is 2. The van der Waals surface area contributed by atoms with Gasteiger partial charge >= 0.3 is 5.97 Å². The summed E-state index contributed by atoms with van der Waals surface area (Å²) in [6.45, 7) is 0.185. The van der Waals surface area contributed by atoms with Gasteiger partial charge in [-0.1, -0.05) is 12.1 Å². The summed E-state index contributed by atoms with van der Waals surface area (Å²) in [6.07, 6.45) is 0. The van der Waals surface area contributed by atoms with Crippen LogP contribution < -0.4 is 10.9 Å². The highest BCUT2D eigenvalue weighted by Gasteiger charge is 2.12. The fourth-order valence-corrected chi connectivity index (χ4v) is 1.75. The van der Waals surface area contributed by atoms with Gasteiger partial charge in [-0.15, -0.1) is 0 Å². The van der Waals surface area contributed by atoms with E-state index in [9.17, 15) is 14.4 Å². The number of aromatic carboxylic acids is 1. The number of carboxylic acids is 1. The van der Waals surface area contributed by atoms with E-state index in [1.165, 1.54) is 0 Å². The van der Waals surface area contributed by atoms with E-state index in [0.29, 0.717) is 5.56 Å². The van der Waals surface area contributed by atoms with E-state index in [0.717, 1.165) is 17.7 Å². The van der Waals surface area contributed by atoms with Crippen LogP contribution in [0.15, 0.2) is 41.2 Å². The highest BCUT2D eigenvalue weighted by molar-refractivity contribution is 5.94. The SMILES string of the molecule is N#Cc1ccc(CNC(=O)c2ccc(C(=O)O)[nH]c2=O)cc1. The number of pyridine rings is 1. The number of carbonyl (C=O) groups excluding carboxylic acids is 1. The standard InChI is InChI=1S/C15H11N3O4/c16-7-9-1-3-10(4-2-9)8-17-13(19)11-5-6-12(15(21)22)18-14(11)20/h1-6H,8H2,(H,17,19)(H,18,20)(H,21,22). The number of carbonyl (C=O) groups is 2. The first-order valence-corrected chi connectivity index (χ1v) is 6.25. The maximum Gasteiger partial charge on any atom is 0.352 e. The highest BCUT2D eigenvalue weighted by atomic mass is 16.4. The van der Waals surface area contributed by atoms with Crippen molar-refractivity contribution in [3.63, 3.8) is 0 Å². The van der Waals surface area contributed by atoms with Crippen LogP contribution in [-0.4, -0.2) is 22.0 Å². The number of nitrogens with zero attached hydrogens (tertiary/aromatic N) is 1. The fraction of sp³-hybridized carbons (Fsp3) is 0.0667. The second-order valence-corrected chi connectivity index (χ2v) is 4.41. The Labute approximate surface area is 124 Å². The highest BCUT2D eigenvalue weighted by Crippen LogP contribution is 2.03. The fourth-order valence-electron chi connectivity index (χ4n) is 1.75. The smallest absolute Gasteiger partial charge is 0.352 e. The lowest BCUT2D eigenvalue weighted by atomic mass is 10.1. The number of hydrogen-bond acceptors (Lipinski definition) is 4. The number of hydrogen-bond donors (Lipinski definition) is 3. The van der Waals surface area contributed by atoms with Crippen LogP contribution in [0.1, 0.15) is 32.0 Å². The van der Waals surface area contributed by atoms with Crippen LogP contribution in [0.25, 0.3) is 0 Å². The predicted octanol–water partition coefficient (Wildman–Crippen LogP) is 0.875. The molecule has 7 heteroatoms. The van der Waals surface area contributed by atoms with Gasteiger partial charge in [0.1, 0.15) is 11.3 Å². The molecule has 1 heterocycles. The maximum absolute atomic E-state index is 11.9. The summed E-state index contributed by atoms with van der Waals surface area (Å²) < 4.78 is 0. The van der Waals surface area contributed by atoms with Crippen LogP contribution in [0.5, 0.6) is 0 Å². The third-order valence-electron chi connectivity index (χ3n) is 2.92. The van der Waals surface area contributed by atoms with E-state index in [-0.39, 0.29) is 17.8 Å². The normalized spacial score (nSPS) is 9.77. The largest absolute Gasteiger partial charge is 0.477 e. The third kappa shape index (κ3) is 3.37. The summed E-state index contributed by atoms with van der Waals surface area (Å²) in [4.78, 5) is 36.4. The summed E-state index contributed by atoms with van der Waals surface area (Å²) in [5.41, 5.74) is 0.0613. The first-order chi connectivity index (χ1) is 10.5. The van der Waals surface area contributed by atoms with E-state index in [1.807, 2.05) is 6.07 Å². The number of rotatable bonds is 4. The number of aromatic amines is 1. The van der Waals surface area contributed by atoms with E-state index in [1.54, 1.807) is 24.3 Å². The summed E-state index contributed by atoms with van der Waals surface area (Å²) in [5.74, 6) is -1.89. The molecule has 0 spiro atoms. The van der Waals surface area contributed by atoms with Crippen molar-refractivity contribution < 1.29 is 14.7 Å². The molecule has 0 atom stereocenters. The Morgan fingerprint density at radius 1 is 1.18 bits per heavy atom. The third-order valence-corrected chi connectivity index (χ3v) is 2.92. The average Bonchev–Trinajstić information content (AvgIpc) is 2.52. The Morgan fingerprint density at radius 2 is 1.86 bits per heavy atom. The molecule has 2 aromatic rings. The molecule has 0 radical (unpaired) electrons. The van der Waals surface area contributed by atoms with Crippen LogP contribution in [0.3, 0.4) is 0 Å². The predicted molar refractivity (Wildman–Crippen MR) is 76.3 cm³/mol. The van der Waals surface area contributed by atoms with Crippen LogP contribution >= 0.6 is 0 Å². The lowest BCUT2D eigenvalue weighted by Gasteiger charge is -2.05. The molecule has 7 nitrogen and oxygen atoms in total. The molecule has 22 heavy (non-hydrogen) atoms. The molecular weight excluding hydrogens is 286 g/mol. The van der Waals surface area contributed by atoms with E-state index >= 15 is 0 Å². The summed E-state index contributed by atoms with van der Waals surface area (Å²) in [6, 6.07) is 10.9. The van der Waals surface area contributed by atoms with Crippen molar-refractivity contribution in [2.75, 3.05) is 0 Å². The Morgan fingerprint density at radius 3 is 2.41 bits per heavy atom. The number of aromatic nitrogens is 1. The van der Waals surface area contributed by atoms with Crippen molar-refractivity contribution in [3.05, 3.63) is 69.1 Å². The first-order valence-electron chi connectivity index (χ1n) is 6.25. The van der Waals surface area contributed by atoms with E-state index in [2.05, 4.69) is 10.3 Å². The molecule has 0 unspecified atom stereocenters. The van der Waals surface area contributed by atoms with Crippen molar-refractivity contribution >= 4 is 11.9 Å². The lowest BCUT2D eigenvalue weighted by Crippen LogP contribution is -2.30. The molecule has 1 amide bonds. The van der Waals surface area contributed by atoms with Gasteiger partial charge in [0, 0.05) is 6.54 Å². The molecule has 1 aromatic carbocycles. The monoisotopic (exact) mass is 297 g/mol. The van der Waals surface area contributed by atoms with Crippen LogP contribution in [-0.2, 0) is 6.54 Å². The van der Waals surface area contributed by atoms with Gasteiger partial charge in [0.05, 0.1) is 11.6 Å². The van der Waals surface area contributed by atoms with Gasteiger partial charge in [0.25, 0.3) is 11.5 Å². The van der Waals surface area contributed by atoms with Crippen LogP contribution in [0, 0.1) is 11.3 Å². The maximum atomic E-state index is 11.9. The number of H-pyrrole nitrogens is 1. The minimum absolute atomic E-state index is 0.168. The van der Waals surface area contributed by atoms with Gasteiger partial charge in [-0.25, -0.2) is 4.79 Å². The zero-order valence-electron chi connectivity index (χ0n) is 11.3. The molecule has 0 aliphatic carbocycles. The van der Waals surface area contributed by atoms with Crippen molar-refractivity contribution in [1.82, 2.24) is 10.3 Å². The molecule has 2 rings (SSSR count). The minimum Gasteiger partial charge on any atom is -0.477 e. The number of amides is 1. The molecule has 0 saturated heterocycles. The Balaban J connectivity index is 2.07. The molecule has 110 valence electrons. The van der Waals surface area contributed by atoms with Gasteiger partial charge in [-0.05, 0) is 29.8 Å². The van der Waals surface area contributed by atoms with Crippen LogP contribution in [0.2, 0.25) is 0 Å².